The molecule has 1 amide bonds. The molecule has 2 aromatic heterocycles. The van der Waals surface area contributed by atoms with Gasteiger partial charge in [0, 0.05) is 41.5 Å². The summed E-state index contributed by atoms with van der Waals surface area (Å²) in [5.74, 6) is 0.136. The van der Waals surface area contributed by atoms with E-state index in [1.807, 2.05) is 13.8 Å². The van der Waals surface area contributed by atoms with Crippen LogP contribution in [0.5, 0.6) is 0 Å². The van der Waals surface area contributed by atoms with Crippen LogP contribution in [-0.4, -0.2) is 44.0 Å². The number of carbonyl (C=O) groups excluding carboxylic acids is 1. The van der Waals surface area contributed by atoms with E-state index in [0.29, 0.717) is 18.4 Å². The van der Waals surface area contributed by atoms with E-state index in [-0.39, 0.29) is 28.6 Å². The minimum absolute atomic E-state index is 0.0165. The van der Waals surface area contributed by atoms with Gasteiger partial charge in [0.1, 0.15) is 4.83 Å². The van der Waals surface area contributed by atoms with E-state index >= 15 is 0 Å². The molecular formula is C24H38N4O2S. The number of aryl methyl sites for hydroxylation is 3. The maximum absolute atomic E-state index is 13.4. The molecule has 172 valence electrons. The number of hydrogen-bond acceptors (Lipinski definition) is 5. The second kappa shape index (κ2) is 9.02. The summed E-state index contributed by atoms with van der Waals surface area (Å²) in [7, 11) is 0. The highest BCUT2D eigenvalue weighted by Gasteiger charge is 2.40. The molecule has 3 rings (SSSR count). The first-order valence-corrected chi connectivity index (χ1v) is 12.3. The number of unbranched alkanes of at least 4 members (excludes halogenated alkanes) is 1. The Kier molecular flexibility index (Phi) is 6.96. The molecule has 1 aliphatic heterocycles. The first-order valence-electron chi connectivity index (χ1n) is 11.5. The molecule has 0 bridgehead atoms. The Hall–Kier alpha value is -1.73. The second-order valence-corrected chi connectivity index (χ2v) is 11.6. The standard InChI is InChI=1S/C24H38N4O2S/c1-8-9-11-28(18-13-23(4,5)26-24(6,7)14-18)19(29)10-12-27-15-25-21-20(22(27)30)16(2)17(3)31-21/h15,18,26H,8-14H2,1-7H3. The molecule has 0 atom stereocenters. The van der Waals surface area contributed by atoms with Crippen molar-refractivity contribution in [2.24, 2.45) is 0 Å². The predicted molar refractivity (Wildman–Crippen MR) is 129 cm³/mol. The summed E-state index contributed by atoms with van der Waals surface area (Å²) < 4.78 is 1.60. The van der Waals surface area contributed by atoms with Crippen molar-refractivity contribution in [2.75, 3.05) is 6.54 Å². The first kappa shape index (κ1) is 23.9. The molecule has 3 heterocycles. The van der Waals surface area contributed by atoms with Crippen molar-refractivity contribution in [3.05, 3.63) is 27.1 Å². The van der Waals surface area contributed by atoms with Gasteiger partial charge in [-0.25, -0.2) is 4.98 Å². The minimum Gasteiger partial charge on any atom is -0.340 e. The highest BCUT2D eigenvalue weighted by Crippen LogP contribution is 2.32. The number of aromatic nitrogens is 2. The van der Waals surface area contributed by atoms with Crippen LogP contribution in [0, 0.1) is 13.8 Å². The quantitative estimate of drug-likeness (QED) is 0.684. The van der Waals surface area contributed by atoms with Crippen LogP contribution in [0.25, 0.3) is 10.2 Å². The highest BCUT2D eigenvalue weighted by atomic mass is 32.1. The highest BCUT2D eigenvalue weighted by molar-refractivity contribution is 7.18. The van der Waals surface area contributed by atoms with Crippen molar-refractivity contribution in [1.29, 1.82) is 0 Å². The zero-order valence-electron chi connectivity index (χ0n) is 20.2. The second-order valence-electron chi connectivity index (χ2n) is 10.4. The minimum atomic E-state index is -0.0381. The number of piperidine rings is 1. The van der Waals surface area contributed by atoms with Gasteiger partial charge in [0.2, 0.25) is 5.91 Å². The summed E-state index contributed by atoms with van der Waals surface area (Å²) >= 11 is 1.55. The molecule has 1 aliphatic rings. The fraction of sp³-hybridized carbons (Fsp3) is 0.708. The van der Waals surface area contributed by atoms with Crippen molar-refractivity contribution in [3.8, 4) is 0 Å². The number of nitrogens with one attached hydrogen (secondary N) is 1. The lowest BCUT2D eigenvalue weighted by Crippen LogP contribution is -2.63. The van der Waals surface area contributed by atoms with Crippen LogP contribution in [0.15, 0.2) is 11.1 Å². The molecule has 2 aromatic rings. The molecule has 0 saturated carbocycles. The fourth-order valence-corrected chi connectivity index (χ4v) is 6.10. The molecule has 0 spiro atoms. The van der Waals surface area contributed by atoms with Crippen molar-refractivity contribution in [3.63, 3.8) is 0 Å². The van der Waals surface area contributed by atoms with Crippen LogP contribution in [0.1, 0.15) is 77.2 Å². The molecule has 0 unspecified atom stereocenters. The summed E-state index contributed by atoms with van der Waals surface area (Å²) in [6, 6.07) is 0.212. The third kappa shape index (κ3) is 5.37. The number of rotatable bonds is 7. The third-order valence-electron chi connectivity index (χ3n) is 6.40. The van der Waals surface area contributed by atoms with E-state index < -0.39 is 0 Å². The Balaban J connectivity index is 1.78. The van der Waals surface area contributed by atoms with Gasteiger partial charge < -0.3 is 10.2 Å². The van der Waals surface area contributed by atoms with Gasteiger partial charge in [0.15, 0.2) is 0 Å². The van der Waals surface area contributed by atoms with Crippen LogP contribution in [0.4, 0.5) is 0 Å². The van der Waals surface area contributed by atoms with Crippen molar-refractivity contribution >= 4 is 27.5 Å². The number of nitrogens with zero attached hydrogens (tertiary/aromatic N) is 3. The molecule has 0 radical (unpaired) electrons. The van der Waals surface area contributed by atoms with E-state index in [9.17, 15) is 9.59 Å². The van der Waals surface area contributed by atoms with Crippen LogP contribution < -0.4 is 10.9 Å². The zero-order valence-corrected chi connectivity index (χ0v) is 21.0. The molecule has 1 saturated heterocycles. The number of fused-ring (bicyclic) bond motifs is 1. The number of hydrogen-bond donors (Lipinski definition) is 1. The molecule has 1 fully saturated rings. The summed E-state index contributed by atoms with van der Waals surface area (Å²) in [5, 5.41) is 4.41. The van der Waals surface area contributed by atoms with Gasteiger partial charge in [-0.15, -0.1) is 11.3 Å². The Morgan fingerprint density at radius 2 is 1.90 bits per heavy atom. The van der Waals surface area contributed by atoms with Gasteiger partial charge in [-0.1, -0.05) is 13.3 Å². The van der Waals surface area contributed by atoms with E-state index in [0.717, 1.165) is 47.5 Å². The molecule has 1 N–H and O–H groups in total. The predicted octanol–water partition coefficient (Wildman–Crippen LogP) is 4.40. The molecular weight excluding hydrogens is 408 g/mol. The number of amides is 1. The Labute approximate surface area is 190 Å². The lowest BCUT2D eigenvalue weighted by molar-refractivity contribution is -0.135. The first-order chi connectivity index (χ1) is 14.4. The normalized spacial score (nSPS) is 18.4. The smallest absolute Gasteiger partial charge is 0.262 e. The van der Waals surface area contributed by atoms with Gasteiger partial charge in [-0.05, 0) is 66.4 Å². The van der Waals surface area contributed by atoms with Gasteiger partial charge in [0.25, 0.3) is 5.56 Å². The third-order valence-corrected chi connectivity index (χ3v) is 7.52. The van der Waals surface area contributed by atoms with Crippen LogP contribution in [-0.2, 0) is 11.3 Å². The van der Waals surface area contributed by atoms with Gasteiger partial charge in [0.05, 0.1) is 11.7 Å². The van der Waals surface area contributed by atoms with E-state index in [1.165, 1.54) is 0 Å². The topological polar surface area (TPSA) is 67.2 Å². The summed E-state index contributed by atoms with van der Waals surface area (Å²) in [6.07, 6.45) is 5.85. The van der Waals surface area contributed by atoms with Gasteiger partial charge >= 0.3 is 0 Å². The average Bonchev–Trinajstić information content (AvgIpc) is 2.93. The van der Waals surface area contributed by atoms with Gasteiger partial charge in [-0.2, -0.15) is 0 Å². The Morgan fingerprint density at radius 1 is 1.26 bits per heavy atom. The Bertz CT molecular complexity index is 989. The largest absolute Gasteiger partial charge is 0.340 e. The molecule has 0 aromatic carbocycles. The molecule has 0 aliphatic carbocycles. The SMILES string of the molecule is CCCCN(C(=O)CCn1cnc2sc(C)c(C)c2c1=O)C1CC(C)(C)NC(C)(C)C1. The maximum atomic E-state index is 13.4. The van der Waals surface area contributed by atoms with E-state index in [1.54, 1.807) is 22.2 Å². The van der Waals surface area contributed by atoms with Crippen molar-refractivity contribution in [2.45, 2.75) is 104 Å². The monoisotopic (exact) mass is 446 g/mol. The summed E-state index contributed by atoms with van der Waals surface area (Å²) in [6.45, 7) is 16.2. The van der Waals surface area contributed by atoms with Crippen LogP contribution in [0.3, 0.4) is 0 Å². The van der Waals surface area contributed by atoms with Crippen molar-refractivity contribution < 1.29 is 4.79 Å². The molecule has 31 heavy (non-hydrogen) atoms. The van der Waals surface area contributed by atoms with Crippen LogP contribution in [0.2, 0.25) is 0 Å². The average molecular weight is 447 g/mol. The molecule has 6 nitrogen and oxygen atoms in total. The van der Waals surface area contributed by atoms with Crippen LogP contribution >= 0.6 is 11.3 Å². The summed E-state index contributed by atoms with van der Waals surface area (Å²) in [4.78, 5) is 34.8. The number of carbonyl (C=O) groups is 1. The van der Waals surface area contributed by atoms with E-state index in [2.05, 4.69) is 49.8 Å². The Morgan fingerprint density at radius 3 is 2.52 bits per heavy atom. The fourth-order valence-electron chi connectivity index (χ4n) is 5.12. The summed E-state index contributed by atoms with van der Waals surface area (Å²) in [5.41, 5.74) is 0.931. The van der Waals surface area contributed by atoms with Crippen molar-refractivity contribution in [1.82, 2.24) is 19.8 Å². The number of thiophene rings is 1. The lowest BCUT2D eigenvalue weighted by Gasteiger charge is -2.49. The van der Waals surface area contributed by atoms with Gasteiger partial charge in [-0.3, -0.25) is 14.2 Å². The lowest BCUT2D eigenvalue weighted by atomic mass is 9.79. The zero-order chi connectivity index (χ0) is 23.0. The molecule has 7 heteroatoms. The maximum Gasteiger partial charge on any atom is 0.262 e. The van der Waals surface area contributed by atoms with E-state index in [4.69, 9.17) is 0 Å².